The lowest BCUT2D eigenvalue weighted by Gasteiger charge is -2.24. The van der Waals surface area contributed by atoms with E-state index in [2.05, 4.69) is 10.6 Å². The maximum atomic E-state index is 13.1. The molecule has 1 heterocycles. The molecule has 0 saturated carbocycles. The molecule has 0 radical (unpaired) electrons. The molecule has 0 atom stereocenters. The van der Waals surface area contributed by atoms with Crippen LogP contribution in [0.1, 0.15) is 18.4 Å². The third-order valence-electron chi connectivity index (χ3n) is 2.75. The smallest absolute Gasteiger partial charge is 0.125 e. The highest BCUT2D eigenvalue weighted by Gasteiger charge is 2.12. The van der Waals surface area contributed by atoms with E-state index in [1.807, 2.05) is 13.0 Å². The Labute approximate surface area is 89.9 Å². The maximum absolute atomic E-state index is 13.1. The van der Waals surface area contributed by atoms with Gasteiger partial charge < -0.3 is 10.6 Å². The molecule has 1 aromatic rings. The summed E-state index contributed by atoms with van der Waals surface area (Å²) in [4.78, 5) is 0. The van der Waals surface area contributed by atoms with Crippen LogP contribution in [0.4, 0.5) is 10.1 Å². The van der Waals surface area contributed by atoms with Crippen LogP contribution in [-0.4, -0.2) is 19.1 Å². The van der Waals surface area contributed by atoms with Crippen molar-refractivity contribution in [3.8, 4) is 0 Å². The standard InChI is InChI=1S/C12H17FN2/c1-9-6-10(13)8-12(7-9)15-11-2-4-14-5-3-11/h6-8,11,14-15H,2-5H2,1H3. The fourth-order valence-electron chi connectivity index (χ4n) is 2.02. The minimum atomic E-state index is -0.161. The lowest BCUT2D eigenvalue weighted by atomic mass is 10.1. The van der Waals surface area contributed by atoms with Gasteiger partial charge in [0.1, 0.15) is 5.82 Å². The molecule has 1 aromatic carbocycles. The zero-order valence-corrected chi connectivity index (χ0v) is 9.02. The Kier molecular flexibility index (Phi) is 3.21. The zero-order valence-electron chi connectivity index (χ0n) is 9.02. The summed E-state index contributed by atoms with van der Waals surface area (Å²) in [6, 6.07) is 5.58. The molecule has 15 heavy (non-hydrogen) atoms. The summed E-state index contributed by atoms with van der Waals surface area (Å²) in [7, 11) is 0. The van der Waals surface area contributed by atoms with Crippen molar-refractivity contribution in [2.75, 3.05) is 18.4 Å². The summed E-state index contributed by atoms with van der Waals surface area (Å²) in [5, 5.41) is 6.69. The number of rotatable bonds is 2. The van der Waals surface area contributed by atoms with Crippen molar-refractivity contribution >= 4 is 5.69 Å². The largest absolute Gasteiger partial charge is 0.382 e. The molecule has 0 aromatic heterocycles. The maximum Gasteiger partial charge on any atom is 0.125 e. The van der Waals surface area contributed by atoms with E-state index in [-0.39, 0.29) is 5.82 Å². The quantitative estimate of drug-likeness (QED) is 0.779. The normalized spacial score (nSPS) is 17.7. The average molecular weight is 208 g/mol. The predicted octanol–water partition coefficient (Wildman–Crippen LogP) is 2.30. The molecule has 3 heteroatoms. The van der Waals surface area contributed by atoms with Gasteiger partial charge in [-0.05, 0) is 56.6 Å². The Hall–Kier alpha value is -1.09. The van der Waals surface area contributed by atoms with Crippen molar-refractivity contribution in [1.82, 2.24) is 5.32 Å². The Morgan fingerprint density at radius 1 is 1.27 bits per heavy atom. The minimum Gasteiger partial charge on any atom is -0.382 e. The van der Waals surface area contributed by atoms with E-state index < -0.39 is 0 Å². The third kappa shape index (κ3) is 2.93. The molecule has 1 aliphatic rings. The van der Waals surface area contributed by atoms with Gasteiger partial charge in [0.2, 0.25) is 0 Å². The number of nitrogens with one attached hydrogen (secondary N) is 2. The fraction of sp³-hybridized carbons (Fsp3) is 0.500. The number of anilines is 1. The molecule has 0 unspecified atom stereocenters. The number of aryl methyl sites for hydroxylation is 1. The van der Waals surface area contributed by atoms with Crippen molar-refractivity contribution in [1.29, 1.82) is 0 Å². The van der Waals surface area contributed by atoms with Crippen LogP contribution >= 0.6 is 0 Å². The van der Waals surface area contributed by atoms with Gasteiger partial charge in [-0.1, -0.05) is 0 Å². The predicted molar refractivity (Wildman–Crippen MR) is 60.7 cm³/mol. The minimum absolute atomic E-state index is 0.161. The number of hydrogen-bond donors (Lipinski definition) is 2. The fourth-order valence-corrected chi connectivity index (χ4v) is 2.02. The van der Waals surface area contributed by atoms with Crippen LogP contribution in [0.2, 0.25) is 0 Å². The number of piperidine rings is 1. The van der Waals surface area contributed by atoms with Gasteiger partial charge in [0.05, 0.1) is 0 Å². The van der Waals surface area contributed by atoms with Crippen LogP contribution in [-0.2, 0) is 0 Å². The van der Waals surface area contributed by atoms with Gasteiger partial charge in [-0.3, -0.25) is 0 Å². The first-order chi connectivity index (χ1) is 7.24. The first-order valence-corrected chi connectivity index (χ1v) is 5.48. The van der Waals surface area contributed by atoms with Crippen molar-refractivity contribution < 1.29 is 4.39 Å². The summed E-state index contributed by atoms with van der Waals surface area (Å²) in [6.45, 7) is 4.01. The monoisotopic (exact) mass is 208 g/mol. The molecular weight excluding hydrogens is 191 g/mol. The Bertz CT molecular complexity index is 312. The second-order valence-electron chi connectivity index (χ2n) is 4.19. The summed E-state index contributed by atoms with van der Waals surface area (Å²) in [5.41, 5.74) is 1.87. The highest BCUT2D eigenvalue weighted by molar-refractivity contribution is 5.46. The number of benzene rings is 1. The zero-order chi connectivity index (χ0) is 10.7. The Balaban J connectivity index is 2.02. The lowest BCUT2D eigenvalue weighted by Crippen LogP contribution is -2.35. The SMILES string of the molecule is Cc1cc(F)cc(NC2CCNCC2)c1. The van der Waals surface area contributed by atoms with E-state index in [0.717, 1.165) is 37.2 Å². The molecule has 1 aliphatic heterocycles. The van der Waals surface area contributed by atoms with E-state index in [4.69, 9.17) is 0 Å². The lowest BCUT2D eigenvalue weighted by molar-refractivity contribution is 0.479. The van der Waals surface area contributed by atoms with Crippen LogP contribution in [0.15, 0.2) is 18.2 Å². The van der Waals surface area contributed by atoms with Gasteiger partial charge in [-0.15, -0.1) is 0 Å². The Morgan fingerprint density at radius 2 is 2.00 bits per heavy atom. The highest BCUT2D eigenvalue weighted by Crippen LogP contribution is 2.16. The molecule has 1 saturated heterocycles. The summed E-state index contributed by atoms with van der Waals surface area (Å²) >= 11 is 0. The van der Waals surface area contributed by atoms with Gasteiger partial charge in [0, 0.05) is 11.7 Å². The molecule has 0 amide bonds. The first kappa shape index (κ1) is 10.4. The van der Waals surface area contributed by atoms with Crippen molar-refractivity contribution in [3.05, 3.63) is 29.6 Å². The van der Waals surface area contributed by atoms with Gasteiger partial charge in [-0.25, -0.2) is 4.39 Å². The van der Waals surface area contributed by atoms with E-state index in [1.165, 1.54) is 0 Å². The molecule has 0 bridgehead atoms. The average Bonchev–Trinajstić information content (AvgIpc) is 2.17. The number of hydrogen-bond acceptors (Lipinski definition) is 2. The van der Waals surface area contributed by atoms with Gasteiger partial charge in [0.15, 0.2) is 0 Å². The molecule has 2 nitrogen and oxygen atoms in total. The van der Waals surface area contributed by atoms with E-state index in [0.29, 0.717) is 6.04 Å². The molecular formula is C12H17FN2. The van der Waals surface area contributed by atoms with E-state index in [1.54, 1.807) is 12.1 Å². The van der Waals surface area contributed by atoms with Crippen molar-refractivity contribution in [2.45, 2.75) is 25.8 Å². The topological polar surface area (TPSA) is 24.1 Å². The molecule has 0 spiro atoms. The van der Waals surface area contributed by atoms with Crippen LogP contribution < -0.4 is 10.6 Å². The van der Waals surface area contributed by atoms with Gasteiger partial charge in [0.25, 0.3) is 0 Å². The highest BCUT2D eigenvalue weighted by atomic mass is 19.1. The summed E-state index contributed by atoms with van der Waals surface area (Å²) < 4.78 is 13.1. The van der Waals surface area contributed by atoms with Crippen molar-refractivity contribution in [3.63, 3.8) is 0 Å². The third-order valence-corrected chi connectivity index (χ3v) is 2.75. The number of halogens is 1. The molecule has 2 N–H and O–H groups in total. The van der Waals surface area contributed by atoms with Crippen LogP contribution in [0.25, 0.3) is 0 Å². The summed E-state index contributed by atoms with van der Waals surface area (Å²) in [5.74, 6) is -0.161. The van der Waals surface area contributed by atoms with Gasteiger partial charge >= 0.3 is 0 Å². The van der Waals surface area contributed by atoms with Gasteiger partial charge in [-0.2, -0.15) is 0 Å². The second kappa shape index (κ2) is 4.62. The Morgan fingerprint density at radius 3 is 2.67 bits per heavy atom. The molecule has 0 aliphatic carbocycles. The van der Waals surface area contributed by atoms with E-state index >= 15 is 0 Å². The van der Waals surface area contributed by atoms with E-state index in [9.17, 15) is 4.39 Å². The second-order valence-corrected chi connectivity index (χ2v) is 4.19. The van der Waals surface area contributed by atoms with Crippen LogP contribution in [0.5, 0.6) is 0 Å². The van der Waals surface area contributed by atoms with Crippen LogP contribution in [0.3, 0.4) is 0 Å². The molecule has 1 fully saturated rings. The first-order valence-electron chi connectivity index (χ1n) is 5.48. The summed E-state index contributed by atoms with van der Waals surface area (Å²) in [6.07, 6.45) is 2.21. The molecule has 82 valence electrons. The van der Waals surface area contributed by atoms with Crippen molar-refractivity contribution in [2.24, 2.45) is 0 Å². The van der Waals surface area contributed by atoms with Crippen LogP contribution in [0, 0.1) is 12.7 Å². The molecule has 2 rings (SSSR count).